The Morgan fingerprint density at radius 3 is 2.88 bits per heavy atom. The fourth-order valence-corrected chi connectivity index (χ4v) is 3.05. The van der Waals surface area contributed by atoms with Gasteiger partial charge in [0.05, 0.1) is 0 Å². The summed E-state index contributed by atoms with van der Waals surface area (Å²) in [7, 11) is 0. The van der Waals surface area contributed by atoms with Crippen molar-refractivity contribution in [3.05, 3.63) is 45.3 Å². The first kappa shape index (κ1) is 18.6. The standard InChI is InChI=1S/C21H27NO4/c1-14-4-7-17-15(2)18(21(24)26-19(17)12-14)8-9-20(23)22-10-3-11-25-13-16-5-6-16/h4,7,12,16H,3,5-6,8-11,13H2,1-2H3,(H,22,23). The lowest BCUT2D eigenvalue weighted by Gasteiger charge is -2.09. The fraction of sp³-hybridized carbons (Fsp3) is 0.524. The second kappa shape index (κ2) is 8.49. The van der Waals surface area contributed by atoms with Crippen molar-refractivity contribution in [1.29, 1.82) is 0 Å². The number of benzene rings is 1. The lowest BCUT2D eigenvalue weighted by atomic mass is 10.0. The molecule has 1 saturated carbocycles. The van der Waals surface area contributed by atoms with Crippen LogP contribution in [0.2, 0.25) is 0 Å². The van der Waals surface area contributed by atoms with Crippen LogP contribution < -0.4 is 10.9 Å². The van der Waals surface area contributed by atoms with Crippen LogP contribution in [0.25, 0.3) is 11.0 Å². The van der Waals surface area contributed by atoms with Gasteiger partial charge in [0.25, 0.3) is 0 Å². The van der Waals surface area contributed by atoms with E-state index in [0.29, 0.717) is 30.7 Å². The monoisotopic (exact) mass is 357 g/mol. The normalized spacial score (nSPS) is 13.9. The second-order valence-electron chi connectivity index (χ2n) is 7.21. The van der Waals surface area contributed by atoms with Gasteiger partial charge in [-0.2, -0.15) is 0 Å². The molecule has 140 valence electrons. The summed E-state index contributed by atoms with van der Waals surface area (Å²) in [5, 5.41) is 3.82. The molecule has 0 unspecified atom stereocenters. The Morgan fingerprint density at radius 2 is 2.12 bits per heavy atom. The molecule has 0 bridgehead atoms. The van der Waals surface area contributed by atoms with Crippen LogP contribution in [0.3, 0.4) is 0 Å². The molecule has 1 aromatic carbocycles. The van der Waals surface area contributed by atoms with Crippen LogP contribution >= 0.6 is 0 Å². The van der Waals surface area contributed by atoms with E-state index in [1.165, 1.54) is 12.8 Å². The Labute approximate surface area is 153 Å². The highest BCUT2D eigenvalue weighted by atomic mass is 16.5. The average molecular weight is 357 g/mol. The van der Waals surface area contributed by atoms with Gasteiger partial charge in [-0.3, -0.25) is 4.79 Å². The van der Waals surface area contributed by atoms with Gasteiger partial charge in [0.2, 0.25) is 5.91 Å². The van der Waals surface area contributed by atoms with E-state index in [1.54, 1.807) is 0 Å². The number of carbonyl (C=O) groups is 1. The van der Waals surface area contributed by atoms with Crippen LogP contribution in [0.15, 0.2) is 27.4 Å². The summed E-state index contributed by atoms with van der Waals surface area (Å²) in [4.78, 5) is 24.3. The molecule has 1 aromatic heterocycles. The van der Waals surface area contributed by atoms with Gasteiger partial charge >= 0.3 is 5.63 Å². The molecule has 26 heavy (non-hydrogen) atoms. The van der Waals surface area contributed by atoms with Crippen molar-refractivity contribution in [2.75, 3.05) is 19.8 Å². The number of hydrogen-bond donors (Lipinski definition) is 1. The summed E-state index contributed by atoms with van der Waals surface area (Å²) in [5.74, 6) is 0.723. The first-order chi connectivity index (χ1) is 12.5. The number of rotatable bonds is 9. The molecule has 0 aliphatic heterocycles. The molecule has 0 atom stereocenters. The molecule has 2 aromatic rings. The van der Waals surface area contributed by atoms with E-state index >= 15 is 0 Å². The Morgan fingerprint density at radius 1 is 1.31 bits per heavy atom. The molecule has 5 heteroatoms. The van der Waals surface area contributed by atoms with Crippen molar-refractivity contribution in [2.45, 2.75) is 46.0 Å². The molecule has 1 aliphatic carbocycles. The molecule has 1 N–H and O–H groups in total. The topological polar surface area (TPSA) is 68.5 Å². The number of fused-ring (bicyclic) bond motifs is 1. The molecule has 5 nitrogen and oxygen atoms in total. The van der Waals surface area contributed by atoms with Gasteiger partial charge < -0.3 is 14.5 Å². The Balaban J connectivity index is 1.48. The largest absolute Gasteiger partial charge is 0.423 e. The highest BCUT2D eigenvalue weighted by Gasteiger charge is 2.20. The number of hydrogen-bond acceptors (Lipinski definition) is 4. The maximum Gasteiger partial charge on any atom is 0.339 e. The summed E-state index contributed by atoms with van der Waals surface area (Å²) in [6.07, 6.45) is 4.07. The van der Waals surface area contributed by atoms with E-state index in [4.69, 9.17) is 9.15 Å². The number of carbonyl (C=O) groups excluding carboxylic acids is 1. The van der Waals surface area contributed by atoms with E-state index in [0.717, 1.165) is 35.5 Å². The minimum atomic E-state index is -0.345. The molecular weight excluding hydrogens is 330 g/mol. The lowest BCUT2D eigenvalue weighted by molar-refractivity contribution is -0.121. The molecular formula is C21H27NO4. The second-order valence-corrected chi connectivity index (χ2v) is 7.21. The maximum atomic E-state index is 12.3. The van der Waals surface area contributed by atoms with E-state index in [9.17, 15) is 9.59 Å². The Kier molecular flexibility index (Phi) is 6.09. The van der Waals surface area contributed by atoms with Crippen molar-refractivity contribution in [3.63, 3.8) is 0 Å². The van der Waals surface area contributed by atoms with Gasteiger partial charge in [-0.05, 0) is 62.6 Å². The molecule has 1 heterocycles. The Bertz CT molecular complexity index is 836. The quantitative estimate of drug-likeness (QED) is 0.552. The van der Waals surface area contributed by atoms with Crippen molar-refractivity contribution in [2.24, 2.45) is 5.92 Å². The third-order valence-corrected chi connectivity index (χ3v) is 4.88. The van der Waals surface area contributed by atoms with Gasteiger partial charge in [-0.15, -0.1) is 0 Å². The number of ether oxygens (including phenoxy) is 1. The predicted molar refractivity (Wildman–Crippen MR) is 101 cm³/mol. The number of amides is 1. The molecule has 1 amide bonds. The molecule has 0 saturated heterocycles. The number of aryl methyl sites for hydroxylation is 2. The van der Waals surface area contributed by atoms with E-state index < -0.39 is 0 Å². The molecule has 0 spiro atoms. The van der Waals surface area contributed by atoms with Gasteiger partial charge in [0, 0.05) is 37.1 Å². The average Bonchev–Trinajstić information content (AvgIpc) is 3.41. The van der Waals surface area contributed by atoms with Crippen molar-refractivity contribution >= 4 is 16.9 Å². The van der Waals surface area contributed by atoms with Crippen LogP contribution in [-0.2, 0) is 16.0 Å². The number of nitrogens with one attached hydrogen (secondary N) is 1. The van der Waals surface area contributed by atoms with Gasteiger partial charge in [0.15, 0.2) is 0 Å². The van der Waals surface area contributed by atoms with Gasteiger partial charge in [-0.25, -0.2) is 4.79 Å². The summed E-state index contributed by atoms with van der Waals surface area (Å²) in [5.41, 5.74) is 2.80. The zero-order valence-corrected chi connectivity index (χ0v) is 15.6. The summed E-state index contributed by atoms with van der Waals surface area (Å²) in [6, 6.07) is 5.83. The first-order valence-electron chi connectivity index (χ1n) is 9.42. The lowest BCUT2D eigenvalue weighted by Crippen LogP contribution is -2.26. The van der Waals surface area contributed by atoms with Crippen molar-refractivity contribution < 1.29 is 13.9 Å². The van der Waals surface area contributed by atoms with E-state index in [-0.39, 0.29) is 18.0 Å². The van der Waals surface area contributed by atoms with Crippen LogP contribution in [0.1, 0.15) is 42.4 Å². The third-order valence-electron chi connectivity index (χ3n) is 4.88. The maximum absolute atomic E-state index is 12.3. The van der Waals surface area contributed by atoms with Crippen LogP contribution in [-0.4, -0.2) is 25.7 Å². The van der Waals surface area contributed by atoms with E-state index in [1.807, 2.05) is 32.0 Å². The van der Waals surface area contributed by atoms with Gasteiger partial charge in [-0.1, -0.05) is 12.1 Å². The summed E-state index contributed by atoms with van der Waals surface area (Å²) >= 11 is 0. The van der Waals surface area contributed by atoms with Crippen molar-refractivity contribution in [3.8, 4) is 0 Å². The third kappa shape index (κ3) is 4.94. The molecule has 1 aliphatic rings. The minimum absolute atomic E-state index is 0.0463. The van der Waals surface area contributed by atoms with Crippen LogP contribution in [0.4, 0.5) is 0 Å². The molecule has 3 rings (SSSR count). The predicted octanol–water partition coefficient (Wildman–Crippen LogP) is 3.28. The smallest absolute Gasteiger partial charge is 0.339 e. The first-order valence-corrected chi connectivity index (χ1v) is 9.42. The summed E-state index contributed by atoms with van der Waals surface area (Å²) in [6.45, 7) is 6.02. The van der Waals surface area contributed by atoms with E-state index in [2.05, 4.69) is 5.32 Å². The highest BCUT2D eigenvalue weighted by molar-refractivity contribution is 5.82. The molecule has 0 radical (unpaired) electrons. The SMILES string of the molecule is Cc1ccc2c(C)c(CCC(=O)NCCCOCC3CC3)c(=O)oc2c1. The zero-order chi connectivity index (χ0) is 18.5. The minimum Gasteiger partial charge on any atom is -0.423 e. The van der Waals surface area contributed by atoms with Gasteiger partial charge in [0.1, 0.15) is 5.58 Å². The van der Waals surface area contributed by atoms with Crippen LogP contribution in [0, 0.1) is 19.8 Å². The van der Waals surface area contributed by atoms with Crippen LogP contribution in [0.5, 0.6) is 0 Å². The zero-order valence-electron chi connectivity index (χ0n) is 15.6. The summed E-state index contributed by atoms with van der Waals surface area (Å²) < 4.78 is 11.0. The highest BCUT2D eigenvalue weighted by Crippen LogP contribution is 2.28. The fourth-order valence-electron chi connectivity index (χ4n) is 3.05. The van der Waals surface area contributed by atoms with Crippen molar-refractivity contribution in [1.82, 2.24) is 5.32 Å². The Hall–Kier alpha value is -2.14. The molecule has 1 fully saturated rings.